The summed E-state index contributed by atoms with van der Waals surface area (Å²) in [6.07, 6.45) is 5.30. The number of hydrogen-bond acceptors (Lipinski definition) is 6. The number of benzene rings is 1. The van der Waals surface area contributed by atoms with Gasteiger partial charge in [0, 0.05) is 11.7 Å². The number of nitrogens with one attached hydrogen (secondary N) is 3. The van der Waals surface area contributed by atoms with Crippen LogP contribution < -0.4 is 16.0 Å². The van der Waals surface area contributed by atoms with Gasteiger partial charge >= 0.3 is 12.0 Å². The van der Waals surface area contributed by atoms with Gasteiger partial charge in [-0.2, -0.15) is 0 Å². The highest BCUT2D eigenvalue weighted by Crippen LogP contribution is 2.17. The smallest absolute Gasteiger partial charge is 0.338 e. The fraction of sp³-hybridized carbons (Fsp3) is 0.300. The van der Waals surface area contributed by atoms with Crippen molar-refractivity contribution in [2.45, 2.75) is 31.7 Å². The number of amides is 4. The van der Waals surface area contributed by atoms with E-state index in [1.165, 1.54) is 36.6 Å². The molecule has 3 rings (SSSR count). The van der Waals surface area contributed by atoms with Crippen molar-refractivity contribution in [3.05, 3.63) is 54.0 Å². The number of rotatable bonds is 6. The standard InChI is InChI=1S/C20H21N3O6/c24-17(23-20(27)22-14-4-1-2-5-14)12-29-19(26)13-7-9-15(10-8-13)21-18(25)16-6-3-11-28-16/h3,6-11,14H,1-2,4-5,12H2,(H,21,25)(H2,22,23,24,27). The van der Waals surface area contributed by atoms with E-state index in [4.69, 9.17) is 9.15 Å². The van der Waals surface area contributed by atoms with Crippen LogP contribution in [0.25, 0.3) is 0 Å². The van der Waals surface area contributed by atoms with Crippen molar-refractivity contribution >= 4 is 29.5 Å². The maximum Gasteiger partial charge on any atom is 0.338 e. The van der Waals surface area contributed by atoms with Gasteiger partial charge in [-0.15, -0.1) is 0 Å². The van der Waals surface area contributed by atoms with Crippen molar-refractivity contribution in [1.82, 2.24) is 10.6 Å². The first-order valence-electron chi connectivity index (χ1n) is 9.23. The van der Waals surface area contributed by atoms with Gasteiger partial charge in [0.2, 0.25) is 0 Å². The van der Waals surface area contributed by atoms with E-state index >= 15 is 0 Å². The number of carbonyl (C=O) groups excluding carboxylic acids is 4. The van der Waals surface area contributed by atoms with Crippen LogP contribution in [0.1, 0.15) is 46.6 Å². The van der Waals surface area contributed by atoms with Gasteiger partial charge in [-0.05, 0) is 49.2 Å². The molecule has 0 spiro atoms. The lowest BCUT2D eigenvalue weighted by molar-refractivity contribution is -0.123. The Hall–Kier alpha value is -3.62. The van der Waals surface area contributed by atoms with E-state index < -0.39 is 30.4 Å². The topological polar surface area (TPSA) is 127 Å². The molecule has 4 amide bonds. The number of esters is 1. The highest BCUT2D eigenvalue weighted by atomic mass is 16.5. The van der Waals surface area contributed by atoms with Gasteiger partial charge in [0.1, 0.15) is 0 Å². The third-order valence-electron chi connectivity index (χ3n) is 4.40. The Morgan fingerprint density at radius 1 is 1.03 bits per heavy atom. The van der Waals surface area contributed by atoms with Gasteiger partial charge in [0.15, 0.2) is 12.4 Å². The molecule has 1 fully saturated rings. The summed E-state index contributed by atoms with van der Waals surface area (Å²) < 4.78 is 9.90. The first-order valence-corrected chi connectivity index (χ1v) is 9.23. The molecule has 0 aliphatic heterocycles. The average Bonchev–Trinajstić information content (AvgIpc) is 3.40. The highest BCUT2D eigenvalue weighted by molar-refractivity contribution is 6.02. The molecule has 0 atom stereocenters. The van der Waals surface area contributed by atoms with Crippen molar-refractivity contribution in [3.63, 3.8) is 0 Å². The number of ether oxygens (including phenoxy) is 1. The fourth-order valence-corrected chi connectivity index (χ4v) is 2.96. The van der Waals surface area contributed by atoms with E-state index in [9.17, 15) is 19.2 Å². The number of anilines is 1. The SMILES string of the molecule is O=C(COC(=O)c1ccc(NC(=O)c2ccco2)cc1)NC(=O)NC1CCCC1. The van der Waals surface area contributed by atoms with Gasteiger partial charge in [-0.3, -0.25) is 14.9 Å². The van der Waals surface area contributed by atoms with Crippen LogP contribution in [0.5, 0.6) is 0 Å². The molecule has 2 aromatic rings. The maximum atomic E-state index is 12.0. The molecule has 3 N–H and O–H groups in total. The molecule has 0 radical (unpaired) electrons. The molecule has 29 heavy (non-hydrogen) atoms. The van der Waals surface area contributed by atoms with Crippen LogP contribution in [0.15, 0.2) is 47.1 Å². The first-order chi connectivity index (χ1) is 14.0. The Labute approximate surface area is 166 Å². The largest absolute Gasteiger partial charge is 0.459 e. The molecule has 1 aromatic heterocycles. The highest BCUT2D eigenvalue weighted by Gasteiger charge is 2.19. The summed E-state index contributed by atoms with van der Waals surface area (Å²) in [5, 5.41) is 7.46. The van der Waals surface area contributed by atoms with Crippen LogP contribution in [0.2, 0.25) is 0 Å². The number of hydrogen-bond donors (Lipinski definition) is 3. The van der Waals surface area contributed by atoms with Crippen LogP contribution >= 0.6 is 0 Å². The summed E-state index contributed by atoms with van der Waals surface area (Å²) in [7, 11) is 0. The van der Waals surface area contributed by atoms with Crippen molar-refractivity contribution in [2.24, 2.45) is 0 Å². The van der Waals surface area contributed by atoms with E-state index in [2.05, 4.69) is 16.0 Å². The second-order valence-corrected chi connectivity index (χ2v) is 6.59. The molecular formula is C20H21N3O6. The van der Waals surface area contributed by atoms with E-state index in [0.717, 1.165) is 25.7 Å². The zero-order valence-corrected chi connectivity index (χ0v) is 15.6. The van der Waals surface area contributed by atoms with Crippen LogP contribution in [0.4, 0.5) is 10.5 Å². The van der Waals surface area contributed by atoms with E-state index in [1.54, 1.807) is 6.07 Å². The summed E-state index contributed by atoms with van der Waals surface area (Å²) in [6, 6.07) is 8.56. The Morgan fingerprint density at radius 2 is 1.76 bits per heavy atom. The maximum absolute atomic E-state index is 12.0. The number of imide groups is 1. The third-order valence-corrected chi connectivity index (χ3v) is 4.40. The van der Waals surface area contributed by atoms with Crippen molar-refractivity contribution in [3.8, 4) is 0 Å². The predicted molar refractivity (Wildman–Crippen MR) is 102 cm³/mol. The number of carbonyl (C=O) groups is 4. The lowest BCUT2D eigenvalue weighted by Crippen LogP contribution is -2.44. The van der Waals surface area contributed by atoms with E-state index in [1.807, 2.05) is 0 Å². The Kier molecular flexibility index (Phi) is 6.62. The first kappa shape index (κ1) is 20.1. The molecule has 0 saturated heterocycles. The summed E-state index contributed by atoms with van der Waals surface area (Å²) in [5.41, 5.74) is 0.661. The third kappa shape index (κ3) is 5.93. The molecule has 0 bridgehead atoms. The molecule has 1 heterocycles. The Bertz CT molecular complexity index is 870. The molecule has 9 nitrogen and oxygen atoms in total. The zero-order chi connectivity index (χ0) is 20.6. The Morgan fingerprint density at radius 3 is 2.41 bits per heavy atom. The monoisotopic (exact) mass is 399 g/mol. The fourth-order valence-electron chi connectivity index (χ4n) is 2.96. The number of urea groups is 1. The molecule has 1 aliphatic rings. The summed E-state index contributed by atoms with van der Waals surface area (Å²) >= 11 is 0. The normalized spacial score (nSPS) is 13.5. The molecule has 9 heteroatoms. The molecule has 152 valence electrons. The van der Waals surface area contributed by atoms with Gasteiger partial charge in [0.05, 0.1) is 11.8 Å². The molecule has 1 saturated carbocycles. The predicted octanol–water partition coefficient (Wildman–Crippen LogP) is 2.46. The lowest BCUT2D eigenvalue weighted by atomic mass is 10.2. The molecule has 1 aromatic carbocycles. The minimum absolute atomic E-state index is 0.0807. The van der Waals surface area contributed by atoms with Crippen LogP contribution in [0.3, 0.4) is 0 Å². The summed E-state index contributed by atoms with van der Waals surface area (Å²) in [5.74, 6) is -1.69. The van der Waals surface area contributed by atoms with Gasteiger partial charge < -0.3 is 19.8 Å². The van der Waals surface area contributed by atoms with Crippen LogP contribution in [-0.2, 0) is 9.53 Å². The quantitative estimate of drug-likeness (QED) is 0.641. The minimum atomic E-state index is -0.722. The van der Waals surface area contributed by atoms with E-state index in [-0.39, 0.29) is 17.4 Å². The summed E-state index contributed by atoms with van der Waals surface area (Å²) in [4.78, 5) is 47.4. The molecular weight excluding hydrogens is 378 g/mol. The van der Waals surface area contributed by atoms with Crippen molar-refractivity contribution in [2.75, 3.05) is 11.9 Å². The van der Waals surface area contributed by atoms with Crippen molar-refractivity contribution in [1.29, 1.82) is 0 Å². The van der Waals surface area contributed by atoms with Gasteiger partial charge in [0.25, 0.3) is 11.8 Å². The number of furan rings is 1. The minimum Gasteiger partial charge on any atom is -0.459 e. The molecule has 1 aliphatic carbocycles. The lowest BCUT2D eigenvalue weighted by Gasteiger charge is -2.12. The average molecular weight is 399 g/mol. The van der Waals surface area contributed by atoms with Crippen molar-refractivity contribution < 1.29 is 28.3 Å². The zero-order valence-electron chi connectivity index (χ0n) is 15.6. The second-order valence-electron chi connectivity index (χ2n) is 6.59. The Balaban J connectivity index is 1.42. The second kappa shape index (κ2) is 9.54. The van der Waals surface area contributed by atoms with Crippen LogP contribution in [0, 0.1) is 0 Å². The van der Waals surface area contributed by atoms with Gasteiger partial charge in [-0.25, -0.2) is 9.59 Å². The van der Waals surface area contributed by atoms with E-state index in [0.29, 0.717) is 5.69 Å². The molecule has 0 unspecified atom stereocenters. The summed E-state index contributed by atoms with van der Waals surface area (Å²) in [6.45, 7) is -0.575. The van der Waals surface area contributed by atoms with Crippen LogP contribution in [-0.4, -0.2) is 36.5 Å². The van der Waals surface area contributed by atoms with Gasteiger partial charge in [-0.1, -0.05) is 12.8 Å².